The zero-order valence-corrected chi connectivity index (χ0v) is 55.2. The molecular formula is C95H59N7. The van der Waals surface area contributed by atoms with Crippen molar-refractivity contribution in [3.05, 3.63) is 363 Å². The number of nitrogens with zero attached hydrogens (tertiary/aromatic N) is 7. The Morgan fingerprint density at radius 1 is 0.206 bits per heavy atom. The number of para-hydroxylation sites is 4. The van der Waals surface area contributed by atoms with Gasteiger partial charge in [0.15, 0.2) is 5.82 Å². The normalized spacial score (nSPS) is 11.7. The number of rotatable bonds is 11. The highest BCUT2D eigenvalue weighted by molar-refractivity contribution is 6.18. The van der Waals surface area contributed by atoms with E-state index >= 15 is 0 Å². The molecule has 0 aliphatic heterocycles. The minimum atomic E-state index is 0.383. The van der Waals surface area contributed by atoms with Crippen LogP contribution in [0.3, 0.4) is 0 Å². The van der Waals surface area contributed by atoms with Crippen molar-refractivity contribution in [3.63, 3.8) is 0 Å². The van der Waals surface area contributed by atoms with Gasteiger partial charge in [0.05, 0.1) is 89.4 Å². The summed E-state index contributed by atoms with van der Waals surface area (Å²) in [5.41, 5.74) is 23.6. The van der Waals surface area contributed by atoms with Crippen LogP contribution in [0.2, 0.25) is 0 Å². The quantitative estimate of drug-likeness (QED) is 0.130. The summed E-state index contributed by atoms with van der Waals surface area (Å²) in [5, 5.41) is 22.0. The molecular weight excluding hydrogens is 1240 g/mol. The van der Waals surface area contributed by atoms with Gasteiger partial charge in [-0.1, -0.05) is 279 Å². The Labute approximate surface area is 587 Å². The van der Waals surface area contributed by atoms with E-state index in [0.717, 1.165) is 160 Å². The van der Waals surface area contributed by atoms with Crippen LogP contribution in [0.5, 0.6) is 0 Å². The van der Waals surface area contributed by atoms with E-state index in [4.69, 9.17) is 9.97 Å². The monoisotopic (exact) mass is 1300 g/mol. The van der Waals surface area contributed by atoms with Crippen LogP contribution in [0.25, 0.3) is 188 Å². The molecule has 0 aliphatic carbocycles. The molecule has 0 atom stereocenters. The molecule has 0 N–H and O–H groups in total. The van der Waals surface area contributed by atoms with Crippen molar-refractivity contribution in [2.24, 2.45) is 0 Å². The first-order chi connectivity index (χ1) is 50.6. The maximum atomic E-state index is 13.6. The van der Waals surface area contributed by atoms with Crippen molar-refractivity contribution in [1.82, 2.24) is 28.2 Å². The zero-order chi connectivity index (χ0) is 67.4. The van der Waals surface area contributed by atoms with Crippen molar-refractivity contribution in [2.45, 2.75) is 0 Å². The van der Waals surface area contributed by atoms with E-state index in [1.807, 2.05) is 12.1 Å². The number of hydrogen-bond donors (Lipinski definition) is 0. The lowest BCUT2D eigenvalue weighted by Gasteiger charge is -2.29. The standard InChI is InChI=1S/C95H59N7/c96-60-79-90(95-97-80(65-35-15-5-16-36-65)59-81(98-95)66-37-17-6-18-38-66)92(100-83-44-24-20-40-72(83)76-56-68(48-52-87(76)100)62-29-9-2-10-30-62)94(102-85-46-26-22-42-74(85)78-58-70(50-54-89(78)102)64-33-13-4-14-34-64)93(101-84-45-25-21-41-73(84)77-57-69(49-53-88(77)101)63-31-11-3-12-32-63)91(79)99-82-43-23-19-39-71(82)75-55-67(47-51-86(75)99)61-27-7-1-8-28-61/h1-59H. The van der Waals surface area contributed by atoms with Crippen molar-refractivity contribution in [2.75, 3.05) is 0 Å². The van der Waals surface area contributed by atoms with Gasteiger partial charge in [-0.25, -0.2) is 9.97 Å². The summed E-state index contributed by atoms with van der Waals surface area (Å²) < 4.78 is 9.82. The molecule has 0 saturated carbocycles. The Balaban J connectivity index is 1.08. The molecule has 5 heterocycles. The second kappa shape index (κ2) is 23.7. The molecule has 5 aromatic heterocycles. The summed E-state index contributed by atoms with van der Waals surface area (Å²) in [7, 11) is 0. The maximum absolute atomic E-state index is 13.6. The first-order valence-corrected chi connectivity index (χ1v) is 34.6. The number of hydrogen-bond acceptors (Lipinski definition) is 3. The molecule has 7 heteroatoms. The van der Waals surface area contributed by atoms with Gasteiger partial charge >= 0.3 is 0 Å². The van der Waals surface area contributed by atoms with Crippen LogP contribution in [0.15, 0.2) is 358 Å². The molecule has 474 valence electrons. The Morgan fingerprint density at radius 2 is 0.451 bits per heavy atom. The highest BCUT2D eigenvalue weighted by Gasteiger charge is 2.37. The fourth-order valence-corrected chi connectivity index (χ4v) is 16.1. The molecule has 0 unspecified atom stereocenters. The van der Waals surface area contributed by atoms with Crippen LogP contribution in [-0.4, -0.2) is 28.2 Å². The Bertz CT molecular complexity index is 6720. The van der Waals surface area contributed by atoms with Crippen LogP contribution in [-0.2, 0) is 0 Å². The third kappa shape index (κ3) is 9.21. The molecule has 20 rings (SSSR count). The van der Waals surface area contributed by atoms with E-state index in [1.165, 1.54) is 0 Å². The molecule has 0 radical (unpaired) electrons. The second-order valence-electron chi connectivity index (χ2n) is 26.3. The van der Waals surface area contributed by atoms with E-state index in [0.29, 0.717) is 34.0 Å². The van der Waals surface area contributed by atoms with Gasteiger partial charge in [0.2, 0.25) is 0 Å². The first kappa shape index (κ1) is 58.2. The van der Waals surface area contributed by atoms with Crippen molar-refractivity contribution < 1.29 is 0 Å². The van der Waals surface area contributed by atoms with Gasteiger partial charge in [-0.2, -0.15) is 5.26 Å². The summed E-state index contributed by atoms with van der Waals surface area (Å²) >= 11 is 0. The summed E-state index contributed by atoms with van der Waals surface area (Å²) in [4.78, 5) is 11.8. The summed E-state index contributed by atoms with van der Waals surface area (Å²) in [6, 6.07) is 131. The Kier molecular flexibility index (Phi) is 13.5. The average molecular weight is 1300 g/mol. The number of benzene rings is 15. The largest absolute Gasteiger partial charge is 0.306 e. The smallest absolute Gasteiger partial charge is 0.164 e. The van der Waals surface area contributed by atoms with E-state index in [9.17, 15) is 5.26 Å². The van der Waals surface area contributed by atoms with Gasteiger partial charge in [-0.15, -0.1) is 0 Å². The summed E-state index contributed by atoms with van der Waals surface area (Å²) in [5.74, 6) is 0.386. The highest BCUT2D eigenvalue weighted by Crippen LogP contribution is 2.53. The third-order valence-corrected chi connectivity index (χ3v) is 20.6. The molecule has 0 fully saturated rings. The molecule has 0 bridgehead atoms. The molecule has 102 heavy (non-hydrogen) atoms. The summed E-state index contributed by atoms with van der Waals surface area (Å²) in [6.07, 6.45) is 0. The van der Waals surface area contributed by atoms with E-state index < -0.39 is 0 Å². The van der Waals surface area contributed by atoms with Crippen LogP contribution >= 0.6 is 0 Å². The number of aromatic nitrogens is 6. The molecule has 7 nitrogen and oxygen atoms in total. The van der Waals surface area contributed by atoms with E-state index in [1.54, 1.807) is 0 Å². The van der Waals surface area contributed by atoms with Gasteiger partial charge in [-0.05, 0) is 123 Å². The minimum absolute atomic E-state index is 0.383. The third-order valence-electron chi connectivity index (χ3n) is 20.6. The van der Waals surface area contributed by atoms with Gasteiger partial charge in [0.1, 0.15) is 6.07 Å². The molecule has 0 saturated heterocycles. The highest BCUT2D eigenvalue weighted by atomic mass is 15.1. The topological polar surface area (TPSA) is 69.3 Å². The minimum Gasteiger partial charge on any atom is -0.306 e. The molecule has 0 aliphatic rings. The van der Waals surface area contributed by atoms with E-state index in [2.05, 4.69) is 370 Å². The molecule has 20 aromatic rings. The lowest BCUT2D eigenvalue weighted by atomic mass is 9.96. The van der Waals surface area contributed by atoms with Crippen molar-refractivity contribution in [3.8, 4) is 107 Å². The van der Waals surface area contributed by atoms with Gasteiger partial charge in [0, 0.05) is 54.2 Å². The maximum Gasteiger partial charge on any atom is 0.164 e. The predicted octanol–water partition coefficient (Wildman–Crippen LogP) is 24.4. The average Bonchev–Trinajstić information content (AvgIpc) is 1.48. The first-order valence-electron chi connectivity index (χ1n) is 34.6. The van der Waals surface area contributed by atoms with E-state index in [-0.39, 0.29) is 0 Å². The van der Waals surface area contributed by atoms with Gasteiger partial charge in [-0.3, -0.25) is 0 Å². The summed E-state index contributed by atoms with van der Waals surface area (Å²) in [6.45, 7) is 0. The van der Waals surface area contributed by atoms with Gasteiger partial charge in [0.25, 0.3) is 0 Å². The van der Waals surface area contributed by atoms with Crippen molar-refractivity contribution in [1.29, 1.82) is 5.26 Å². The second-order valence-corrected chi connectivity index (χ2v) is 26.3. The van der Waals surface area contributed by atoms with Crippen LogP contribution in [0.1, 0.15) is 5.56 Å². The number of nitriles is 1. The van der Waals surface area contributed by atoms with Crippen LogP contribution in [0, 0.1) is 11.3 Å². The van der Waals surface area contributed by atoms with Crippen molar-refractivity contribution >= 4 is 87.2 Å². The zero-order valence-electron chi connectivity index (χ0n) is 55.2. The lowest BCUT2D eigenvalue weighted by Crippen LogP contribution is -2.17. The number of fused-ring (bicyclic) bond motifs is 12. The molecule has 0 spiro atoms. The Hall–Kier alpha value is -13.9. The van der Waals surface area contributed by atoms with Crippen LogP contribution in [0.4, 0.5) is 0 Å². The SMILES string of the molecule is N#Cc1c(-c2nc(-c3ccccc3)cc(-c3ccccc3)n2)c(-n2c3ccccc3c3cc(-c4ccccc4)ccc32)c(-n2c3ccccc3c3cc(-c4ccccc4)ccc32)c(-n2c3ccccc3c3cc(-c4ccccc4)ccc32)c1-n1c2ccccc2c2cc(-c3ccccc3)ccc21. The van der Waals surface area contributed by atoms with Crippen LogP contribution < -0.4 is 0 Å². The van der Waals surface area contributed by atoms with Gasteiger partial charge < -0.3 is 18.3 Å². The lowest BCUT2D eigenvalue weighted by molar-refractivity contribution is 1.01. The Morgan fingerprint density at radius 3 is 0.755 bits per heavy atom. The molecule has 15 aromatic carbocycles. The fourth-order valence-electron chi connectivity index (χ4n) is 16.1. The fraction of sp³-hybridized carbons (Fsp3) is 0. The molecule has 0 amide bonds. The predicted molar refractivity (Wildman–Crippen MR) is 422 cm³/mol.